The van der Waals surface area contributed by atoms with Crippen molar-refractivity contribution in [2.75, 3.05) is 0 Å². The molecule has 3 aromatic rings. The van der Waals surface area contributed by atoms with Gasteiger partial charge in [0.2, 0.25) is 0 Å². The van der Waals surface area contributed by atoms with Gasteiger partial charge in [0.1, 0.15) is 4.88 Å². The number of carbonyl (C=O) groups is 2. The summed E-state index contributed by atoms with van der Waals surface area (Å²) < 4.78 is 0. The van der Waals surface area contributed by atoms with Crippen LogP contribution in [0.2, 0.25) is 0 Å². The van der Waals surface area contributed by atoms with Crippen molar-refractivity contribution in [3.63, 3.8) is 0 Å². The molecule has 3 nitrogen and oxygen atoms in total. The Hall–Kier alpha value is -1.76. The minimum atomic E-state index is -0.289. The minimum absolute atomic E-state index is 0.281. The Morgan fingerprint density at radius 1 is 0.850 bits per heavy atom. The highest BCUT2D eigenvalue weighted by Crippen LogP contribution is 2.41. The van der Waals surface area contributed by atoms with Crippen molar-refractivity contribution in [3.05, 3.63) is 46.2 Å². The summed E-state index contributed by atoms with van der Waals surface area (Å²) in [6.45, 7) is 0. The minimum Gasteiger partial charge on any atom is -0.287 e. The Labute approximate surface area is 126 Å². The molecule has 2 amide bonds. The summed E-state index contributed by atoms with van der Waals surface area (Å²) in [6, 6.07) is 10.1. The summed E-state index contributed by atoms with van der Waals surface area (Å²) in [5.41, 5.74) is 0.501. The van der Waals surface area contributed by atoms with E-state index in [4.69, 9.17) is 0 Å². The lowest BCUT2D eigenvalue weighted by molar-refractivity contribution is 0.0880. The lowest BCUT2D eigenvalue weighted by atomic mass is 10.2. The predicted molar refractivity (Wildman–Crippen MR) is 82.7 cm³/mol. The third-order valence-electron chi connectivity index (χ3n) is 3.02. The normalized spacial score (nSPS) is 13.6. The van der Waals surface area contributed by atoms with E-state index >= 15 is 0 Å². The lowest BCUT2D eigenvalue weighted by Crippen LogP contribution is -2.20. The van der Waals surface area contributed by atoms with Crippen LogP contribution in [-0.2, 0) is 0 Å². The monoisotopic (exact) mass is 317 g/mol. The number of rotatable bonds is 2. The van der Waals surface area contributed by atoms with Gasteiger partial charge in [-0.1, -0.05) is 6.07 Å². The third-order valence-corrected chi connectivity index (χ3v) is 6.50. The zero-order chi connectivity index (χ0) is 13.7. The van der Waals surface area contributed by atoms with Gasteiger partial charge in [0, 0.05) is 19.5 Å². The van der Waals surface area contributed by atoms with E-state index in [1.54, 1.807) is 22.7 Å². The highest BCUT2D eigenvalue weighted by Gasteiger charge is 2.30. The standard InChI is InChI=1S/C14H7NO2S3/c16-13-7-6-11(20-12(7)14(17)15-13)10-4-3-9(19-10)8-2-1-5-18-8/h1-6H,(H,15,16,17). The lowest BCUT2D eigenvalue weighted by Gasteiger charge is -1.92. The van der Waals surface area contributed by atoms with Crippen molar-refractivity contribution in [2.45, 2.75) is 0 Å². The van der Waals surface area contributed by atoms with Crippen LogP contribution in [0.3, 0.4) is 0 Å². The molecule has 1 aliphatic heterocycles. The van der Waals surface area contributed by atoms with E-state index in [0.29, 0.717) is 10.4 Å². The van der Waals surface area contributed by atoms with Crippen LogP contribution in [0.25, 0.3) is 19.5 Å². The molecule has 0 spiro atoms. The average molecular weight is 317 g/mol. The smallest absolute Gasteiger partial charge is 0.269 e. The summed E-state index contributed by atoms with van der Waals surface area (Å²) in [7, 11) is 0. The first kappa shape index (κ1) is 12.0. The van der Waals surface area contributed by atoms with Crippen molar-refractivity contribution in [2.24, 2.45) is 0 Å². The van der Waals surface area contributed by atoms with Crippen LogP contribution in [-0.4, -0.2) is 11.8 Å². The third kappa shape index (κ3) is 1.76. The van der Waals surface area contributed by atoms with Gasteiger partial charge in [-0.05, 0) is 29.6 Å². The highest BCUT2D eigenvalue weighted by atomic mass is 32.1. The molecule has 0 atom stereocenters. The van der Waals surface area contributed by atoms with Crippen LogP contribution in [0.5, 0.6) is 0 Å². The molecule has 4 rings (SSSR count). The number of carbonyl (C=O) groups excluding carboxylic acids is 2. The summed E-state index contributed by atoms with van der Waals surface area (Å²) in [5.74, 6) is -0.571. The summed E-state index contributed by atoms with van der Waals surface area (Å²) in [6.07, 6.45) is 0. The Morgan fingerprint density at radius 2 is 1.65 bits per heavy atom. The maximum Gasteiger partial charge on any atom is 0.269 e. The van der Waals surface area contributed by atoms with Gasteiger partial charge in [-0.3, -0.25) is 14.9 Å². The summed E-state index contributed by atoms with van der Waals surface area (Å²) >= 11 is 4.76. The molecule has 20 heavy (non-hydrogen) atoms. The number of hydrogen-bond donors (Lipinski definition) is 1. The fourth-order valence-electron chi connectivity index (χ4n) is 2.10. The molecule has 0 fully saturated rings. The maximum atomic E-state index is 11.6. The van der Waals surface area contributed by atoms with Crippen LogP contribution in [0.4, 0.5) is 0 Å². The second-order valence-electron chi connectivity index (χ2n) is 4.28. The molecular weight excluding hydrogens is 310 g/mol. The first-order chi connectivity index (χ1) is 9.72. The molecule has 1 N–H and O–H groups in total. The second-order valence-corrected chi connectivity index (χ2v) is 7.36. The van der Waals surface area contributed by atoms with Gasteiger partial charge in [-0.25, -0.2) is 0 Å². The van der Waals surface area contributed by atoms with E-state index in [9.17, 15) is 9.59 Å². The van der Waals surface area contributed by atoms with E-state index in [2.05, 4.69) is 22.8 Å². The molecule has 0 bridgehead atoms. The van der Waals surface area contributed by atoms with E-state index in [1.807, 2.05) is 18.2 Å². The molecule has 0 radical (unpaired) electrons. The quantitative estimate of drug-likeness (QED) is 0.724. The number of hydrogen-bond acceptors (Lipinski definition) is 5. The Kier molecular flexibility index (Phi) is 2.63. The molecule has 98 valence electrons. The molecule has 0 saturated carbocycles. The first-order valence-corrected chi connectivity index (χ1v) is 8.37. The molecular formula is C14H7NO2S3. The SMILES string of the molecule is O=C1NC(=O)c2sc(-c3ccc(-c4cccs4)s3)cc21. The van der Waals surface area contributed by atoms with Crippen molar-refractivity contribution < 1.29 is 9.59 Å². The number of fused-ring (bicyclic) bond motifs is 1. The largest absolute Gasteiger partial charge is 0.287 e. The number of amides is 2. The van der Waals surface area contributed by atoms with Crippen LogP contribution < -0.4 is 5.32 Å². The summed E-state index contributed by atoms with van der Waals surface area (Å²) in [5, 5.41) is 4.36. The van der Waals surface area contributed by atoms with Gasteiger partial charge in [-0.2, -0.15) is 0 Å². The molecule has 6 heteroatoms. The van der Waals surface area contributed by atoms with Gasteiger partial charge in [0.15, 0.2) is 0 Å². The summed E-state index contributed by atoms with van der Waals surface area (Å²) in [4.78, 5) is 28.2. The Bertz CT molecular complexity index is 795. The topological polar surface area (TPSA) is 46.2 Å². The molecule has 1 aliphatic rings. The molecule has 4 heterocycles. The van der Waals surface area contributed by atoms with Gasteiger partial charge >= 0.3 is 0 Å². The molecule has 0 aromatic carbocycles. The fraction of sp³-hybridized carbons (Fsp3) is 0. The predicted octanol–water partition coefficient (Wildman–Crippen LogP) is 4.09. The van der Waals surface area contributed by atoms with Crippen molar-refractivity contribution in [1.82, 2.24) is 5.32 Å². The zero-order valence-corrected chi connectivity index (χ0v) is 12.5. The van der Waals surface area contributed by atoms with E-state index in [1.165, 1.54) is 21.1 Å². The molecule has 0 aliphatic carbocycles. The second kappa shape index (κ2) is 4.37. The van der Waals surface area contributed by atoms with Gasteiger partial charge in [-0.15, -0.1) is 34.0 Å². The van der Waals surface area contributed by atoms with E-state index in [0.717, 1.165) is 9.75 Å². The zero-order valence-electron chi connectivity index (χ0n) is 10.0. The average Bonchev–Trinajstić information content (AvgIpc) is 3.17. The first-order valence-electron chi connectivity index (χ1n) is 5.86. The van der Waals surface area contributed by atoms with Crippen molar-refractivity contribution in [1.29, 1.82) is 0 Å². The maximum absolute atomic E-state index is 11.6. The van der Waals surface area contributed by atoms with Crippen molar-refractivity contribution in [3.8, 4) is 19.5 Å². The van der Waals surface area contributed by atoms with Crippen molar-refractivity contribution >= 4 is 45.8 Å². The highest BCUT2D eigenvalue weighted by molar-refractivity contribution is 7.26. The number of thiophene rings is 3. The van der Waals surface area contributed by atoms with Gasteiger partial charge in [0.05, 0.1) is 5.56 Å². The van der Waals surface area contributed by atoms with Gasteiger partial charge < -0.3 is 0 Å². The Balaban J connectivity index is 1.76. The van der Waals surface area contributed by atoms with Crippen LogP contribution >= 0.6 is 34.0 Å². The van der Waals surface area contributed by atoms with E-state index < -0.39 is 0 Å². The molecule has 0 unspecified atom stereocenters. The number of imide groups is 1. The van der Waals surface area contributed by atoms with Crippen LogP contribution in [0.15, 0.2) is 35.7 Å². The Morgan fingerprint density at radius 3 is 2.35 bits per heavy atom. The van der Waals surface area contributed by atoms with Crippen LogP contribution in [0, 0.1) is 0 Å². The fourth-order valence-corrected chi connectivity index (χ4v) is 5.07. The number of nitrogens with one attached hydrogen (secondary N) is 1. The van der Waals surface area contributed by atoms with Gasteiger partial charge in [0.25, 0.3) is 11.8 Å². The van der Waals surface area contributed by atoms with E-state index in [-0.39, 0.29) is 11.8 Å². The molecule has 3 aromatic heterocycles. The molecule has 0 saturated heterocycles. The van der Waals surface area contributed by atoms with Crippen LogP contribution in [0.1, 0.15) is 20.0 Å².